The zero-order valence-electron chi connectivity index (χ0n) is 7.49. The van der Waals surface area contributed by atoms with E-state index in [1.54, 1.807) is 25.3 Å². The van der Waals surface area contributed by atoms with Crippen LogP contribution in [0.3, 0.4) is 0 Å². The summed E-state index contributed by atoms with van der Waals surface area (Å²) >= 11 is 0. The molecule has 0 aliphatic rings. The molecule has 0 amide bonds. The molecule has 3 nitrogen and oxygen atoms in total. The second-order valence-corrected chi connectivity index (χ2v) is 2.66. The number of aromatic hydroxyl groups is 1. The third-order valence-electron chi connectivity index (χ3n) is 1.84. The minimum atomic E-state index is 0.182. The maximum atomic E-state index is 10.2. The smallest absolute Gasteiger partial charge is 0.125 e. The van der Waals surface area contributed by atoms with Crippen LogP contribution in [0, 0.1) is 0 Å². The van der Waals surface area contributed by atoms with Crippen LogP contribution in [0.1, 0.15) is 12.0 Å². The summed E-state index contributed by atoms with van der Waals surface area (Å²) in [4.78, 5) is 10.2. The van der Waals surface area contributed by atoms with E-state index in [-0.39, 0.29) is 5.75 Å². The molecule has 0 atom stereocenters. The van der Waals surface area contributed by atoms with Gasteiger partial charge in [-0.3, -0.25) is 0 Å². The van der Waals surface area contributed by atoms with Crippen molar-refractivity contribution in [1.29, 1.82) is 0 Å². The van der Waals surface area contributed by atoms with Crippen molar-refractivity contribution in [2.24, 2.45) is 0 Å². The standard InChI is InChI=1S/C10H12O3/c1-13-10-6-2-5-9(12)8(10)4-3-7-11/h2,5-7,12H,3-4H2,1H3. The van der Waals surface area contributed by atoms with Crippen LogP contribution < -0.4 is 4.74 Å². The highest BCUT2D eigenvalue weighted by molar-refractivity contribution is 5.52. The van der Waals surface area contributed by atoms with Crippen LogP contribution in [0.4, 0.5) is 0 Å². The first-order chi connectivity index (χ1) is 6.29. The van der Waals surface area contributed by atoms with Gasteiger partial charge in [0.1, 0.15) is 17.8 Å². The highest BCUT2D eigenvalue weighted by atomic mass is 16.5. The Labute approximate surface area is 77.0 Å². The Kier molecular flexibility index (Phi) is 3.31. The SMILES string of the molecule is COc1cccc(O)c1CCC=O. The molecule has 1 aromatic carbocycles. The summed E-state index contributed by atoms with van der Waals surface area (Å²) in [5.41, 5.74) is 0.692. The van der Waals surface area contributed by atoms with Gasteiger partial charge in [-0.15, -0.1) is 0 Å². The number of carbonyl (C=O) groups is 1. The Hall–Kier alpha value is -1.51. The van der Waals surface area contributed by atoms with Crippen LogP contribution >= 0.6 is 0 Å². The van der Waals surface area contributed by atoms with E-state index in [2.05, 4.69) is 0 Å². The number of benzene rings is 1. The van der Waals surface area contributed by atoms with E-state index in [4.69, 9.17) is 4.74 Å². The van der Waals surface area contributed by atoms with Gasteiger partial charge >= 0.3 is 0 Å². The van der Waals surface area contributed by atoms with E-state index in [9.17, 15) is 9.90 Å². The Balaban J connectivity index is 2.93. The van der Waals surface area contributed by atoms with Gasteiger partial charge in [-0.1, -0.05) is 6.07 Å². The highest BCUT2D eigenvalue weighted by Gasteiger charge is 2.06. The van der Waals surface area contributed by atoms with Gasteiger partial charge in [-0.25, -0.2) is 0 Å². The minimum Gasteiger partial charge on any atom is -0.508 e. The molecule has 1 N–H and O–H groups in total. The lowest BCUT2D eigenvalue weighted by Crippen LogP contribution is -1.93. The molecular weight excluding hydrogens is 168 g/mol. The van der Waals surface area contributed by atoms with E-state index in [0.717, 1.165) is 6.29 Å². The molecular formula is C10H12O3. The Morgan fingerprint density at radius 2 is 2.31 bits per heavy atom. The average Bonchev–Trinajstić information content (AvgIpc) is 2.15. The lowest BCUT2D eigenvalue weighted by Gasteiger charge is -2.08. The first-order valence-electron chi connectivity index (χ1n) is 4.08. The summed E-state index contributed by atoms with van der Waals surface area (Å²) in [6, 6.07) is 5.06. The lowest BCUT2D eigenvalue weighted by atomic mass is 10.1. The van der Waals surface area contributed by atoms with E-state index in [1.807, 2.05) is 0 Å². The minimum absolute atomic E-state index is 0.182. The largest absolute Gasteiger partial charge is 0.508 e. The van der Waals surface area contributed by atoms with Gasteiger partial charge in [0, 0.05) is 12.0 Å². The molecule has 0 aliphatic heterocycles. The zero-order valence-corrected chi connectivity index (χ0v) is 7.49. The number of phenols is 1. The summed E-state index contributed by atoms with van der Waals surface area (Å²) in [5, 5.41) is 9.45. The second kappa shape index (κ2) is 4.50. The van der Waals surface area contributed by atoms with Gasteiger partial charge in [-0.2, -0.15) is 0 Å². The van der Waals surface area contributed by atoms with Gasteiger partial charge < -0.3 is 14.6 Å². The van der Waals surface area contributed by atoms with Crippen molar-refractivity contribution in [3.8, 4) is 11.5 Å². The van der Waals surface area contributed by atoms with E-state index >= 15 is 0 Å². The molecule has 1 rings (SSSR count). The quantitative estimate of drug-likeness (QED) is 0.715. The molecule has 0 spiro atoms. The number of hydrogen-bond donors (Lipinski definition) is 1. The van der Waals surface area contributed by atoms with Crippen molar-refractivity contribution in [3.63, 3.8) is 0 Å². The molecule has 0 heterocycles. The fraction of sp³-hybridized carbons (Fsp3) is 0.300. The van der Waals surface area contributed by atoms with Gasteiger partial charge in [0.15, 0.2) is 0 Å². The average molecular weight is 180 g/mol. The van der Waals surface area contributed by atoms with Gasteiger partial charge in [-0.05, 0) is 18.6 Å². The first-order valence-corrected chi connectivity index (χ1v) is 4.08. The molecule has 0 aliphatic carbocycles. The van der Waals surface area contributed by atoms with Crippen LogP contribution in [-0.2, 0) is 11.2 Å². The number of hydrogen-bond acceptors (Lipinski definition) is 3. The number of ether oxygens (including phenoxy) is 1. The molecule has 13 heavy (non-hydrogen) atoms. The maximum Gasteiger partial charge on any atom is 0.125 e. The first kappa shape index (κ1) is 9.58. The lowest BCUT2D eigenvalue weighted by molar-refractivity contribution is -0.107. The number of aldehydes is 1. The summed E-state index contributed by atoms with van der Waals surface area (Å²) in [5.74, 6) is 0.808. The van der Waals surface area contributed by atoms with Crippen molar-refractivity contribution in [2.75, 3.05) is 7.11 Å². The normalized spacial score (nSPS) is 9.62. The summed E-state index contributed by atoms with van der Waals surface area (Å²) in [7, 11) is 1.54. The van der Waals surface area contributed by atoms with E-state index in [1.165, 1.54) is 0 Å². The zero-order chi connectivity index (χ0) is 9.68. The van der Waals surface area contributed by atoms with Crippen molar-refractivity contribution in [3.05, 3.63) is 23.8 Å². The Morgan fingerprint density at radius 3 is 2.92 bits per heavy atom. The molecule has 0 fully saturated rings. The van der Waals surface area contributed by atoms with Gasteiger partial charge in [0.05, 0.1) is 7.11 Å². The van der Waals surface area contributed by atoms with Crippen LogP contribution in [-0.4, -0.2) is 18.5 Å². The molecule has 0 saturated carbocycles. The molecule has 0 bridgehead atoms. The fourth-order valence-corrected chi connectivity index (χ4v) is 1.20. The Morgan fingerprint density at radius 1 is 1.54 bits per heavy atom. The summed E-state index contributed by atoms with van der Waals surface area (Å²) in [6.45, 7) is 0. The molecule has 70 valence electrons. The van der Waals surface area contributed by atoms with Gasteiger partial charge in [0.2, 0.25) is 0 Å². The number of rotatable bonds is 4. The molecule has 1 aromatic rings. The Bertz CT molecular complexity index is 294. The van der Waals surface area contributed by atoms with Crippen molar-refractivity contribution >= 4 is 6.29 Å². The van der Waals surface area contributed by atoms with E-state index < -0.39 is 0 Å². The monoisotopic (exact) mass is 180 g/mol. The number of methoxy groups -OCH3 is 1. The topological polar surface area (TPSA) is 46.5 Å². The van der Waals surface area contributed by atoms with Crippen LogP contribution in [0.2, 0.25) is 0 Å². The third-order valence-corrected chi connectivity index (χ3v) is 1.84. The molecule has 0 radical (unpaired) electrons. The van der Waals surface area contributed by atoms with Crippen molar-refractivity contribution in [2.45, 2.75) is 12.8 Å². The molecule has 0 saturated heterocycles. The fourth-order valence-electron chi connectivity index (χ4n) is 1.20. The predicted molar refractivity (Wildman–Crippen MR) is 49.0 cm³/mol. The van der Waals surface area contributed by atoms with Crippen LogP contribution in [0.25, 0.3) is 0 Å². The molecule has 0 aromatic heterocycles. The second-order valence-electron chi connectivity index (χ2n) is 2.66. The highest BCUT2D eigenvalue weighted by Crippen LogP contribution is 2.27. The van der Waals surface area contributed by atoms with Crippen molar-refractivity contribution in [1.82, 2.24) is 0 Å². The maximum absolute atomic E-state index is 10.2. The van der Waals surface area contributed by atoms with Crippen molar-refractivity contribution < 1.29 is 14.6 Å². The van der Waals surface area contributed by atoms with Gasteiger partial charge in [0.25, 0.3) is 0 Å². The van der Waals surface area contributed by atoms with E-state index in [0.29, 0.717) is 24.2 Å². The van der Waals surface area contributed by atoms with Crippen LogP contribution in [0.5, 0.6) is 11.5 Å². The third kappa shape index (κ3) is 2.21. The summed E-state index contributed by atoms with van der Waals surface area (Å²) in [6.07, 6.45) is 1.74. The molecule has 3 heteroatoms. The van der Waals surface area contributed by atoms with Crippen LogP contribution in [0.15, 0.2) is 18.2 Å². The molecule has 0 unspecified atom stereocenters. The number of carbonyl (C=O) groups excluding carboxylic acids is 1. The predicted octanol–water partition coefficient (Wildman–Crippen LogP) is 1.53. The summed E-state index contributed by atoms with van der Waals surface area (Å²) < 4.78 is 5.05. The number of phenolic OH excluding ortho intramolecular Hbond substituents is 1.